The highest BCUT2D eigenvalue weighted by Gasteiger charge is 2.32. The Morgan fingerprint density at radius 1 is 1.23 bits per heavy atom. The monoisotopic (exact) mass is 367 g/mol. The summed E-state index contributed by atoms with van der Waals surface area (Å²) in [5, 5.41) is 3.04. The Labute approximate surface area is 148 Å². The van der Waals surface area contributed by atoms with E-state index < -0.39 is 11.7 Å². The van der Waals surface area contributed by atoms with Crippen LogP contribution in [0.4, 0.5) is 13.2 Å². The summed E-state index contributed by atoms with van der Waals surface area (Å²) in [6.07, 6.45) is -0.680. The van der Waals surface area contributed by atoms with E-state index in [1.54, 1.807) is 0 Å². The van der Waals surface area contributed by atoms with Gasteiger partial charge in [-0.15, -0.1) is 0 Å². The van der Waals surface area contributed by atoms with Crippen molar-refractivity contribution in [2.45, 2.75) is 44.4 Å². The van der Waals surface area contributed by atoms with Crippen LogP contribution >= 0.6 is 0 Å². The standard InChI is InChI=1S/C18H20F3N3O2/c19-18(20,21)12-1-4-15-14(9-12)23-16(26-15)10-24-7-5-11(6-8-24)17(25)22-13-2-3-13/h1,4,9,11,13H,2-3,5-8,10H2,(H,22,25). The molecule has 5 nitrogen and oxygen atoms in total. The van der Waals surface area contributed by atoms with Gasteiger partial charge in [0.1, 0.15) is 5.52 Å². The van der Waals surface area contributed by atoms with E-state index in [4.69, 9.17) is 4.42 Å². The Balaban J connectivity index is 1.36. The van der Waals surface area contributed by atoms with Crippen molar-refractivity contribution in [2.75, 3.05) is 13.1 Å². The van der Waals surface area contributed by atoms with Gasteiger partial charge in [-0.25, -0.2) is 4.98 Å². The number of nitrogens with one attached hydrogen (secondary N) is 1. The van der Waals surface area contributed by atoms with Crippen molar-refractivity contribution in [2.24, 2.45) is 5.92 Å². The molecule has 0 spiro atoms. The number of carbonyl (C=O) groups is 1. The molecular formula is C18H20F3N3O2. The van der Waals surface area contributed by atoms with Crippen LogP contribution in [0.3, 0.4) is 0 Å². The van der Waals surface area contributed by atoms with E-state index in [1.807, 2.05) is 0 Å². The summed E-state index contributed by atoms with van der Waals surface area (Å²) in [6.45, 7) is 1.93. The molecule has 1 amide bonds. The van der Waals surface area contributed by atoms with Gasteiger partial charge in [0.25, 0.3) is 0 Å². The summed E-state index contributed by atoms with van der Waals surface area (Å²) < 4.78 is 43.9. The third-order valence-corrected chi connectivity index (χ3v) is 5.00. The molecule has 140 valence electrons. The van der Waals surface area contributed by atoms with Crippen LogP contribution in [0, 0.1) is 5.92 Å². The number of alkyl halides is 3. The minimum Gasteiger partial charge on any atom is -0.439 e. The van der Waals surface area contributed by atoms with Crippen LogP contribution in [0.5, 0.6) is 0 Å². The lowest BCUT2D eigenvalue weighted by Gasteiger charge is -2.30. The van der Waals surface area contributed by atoms with E-state index in [0.717, 1.165) is 50.9 Å². The Bertz CT molecular complexity index is 806. The Hall–Kier alpha value is -2.09. The zero-order chi connectivity index (χ0) is 18.3. The maximum Gasteiger partial charge on any atom is 0.416 e. The normalized spacial score (nSPS) is 19.8. The second-order valence-corrected chi connectivity index (χ2v) is 7.12. The molecule has 1 N–H and O–H groups in total. The number of carbonyl (C=O) groups excluding carboxylic acids is 1. The molecule has 1 saturated carbocycles. The quantitative estimate of drug-likeness (QED) is 0.901. The molecule has 0 radical (unpaired) electrons. The van der Waals surface area contributed by atoms with Gasteiger partial charge < -0.3 is 9.73 Å². The number of nitrogens with zero attached hydrogens (tertiary/aromatic N) is 2. The van der Waals surface area contributed by atoms with Crippen LogP contribution in [0.15, 0.2) is 22.6 Å². The average Bonchev–Trinajstić information content (AvgIpc) is 3.31. The van der Waals surface area contributed by atoms with Crippen LogP contribution < -0.4 is 5.32 Å². The summed E-state index contributed by atoms with van der Waals surface area (Å²) in [5.74, 6) is 0.596. The van der Waals surface area contributed by atoms with Crippen molar-refractivity contribution in [3.05, 3.63) is 29.7 Å². The van der Waals surface area contributed by atoms with Crippen molar-refractivity contribution in [3.63, 3.8) is 0 Å². The zero-order valence-corrected chi connectivity index (χ0v) is 14.2. The summed E-state index contributed by atoms with van der Waals surface area (Å²) in [4.78, 5) is 18.4. The number of oxazole rings is 1. The topological polar surface area (TPSA) is 58.4 Å². The molecule has 2 fully saturated rings. The zero-order valence-electron chi connectivity index (χ0n) is 14.2. The second-order valence-electron chi connectivity index (χ2n) is 7.12. The van der Waals surface area contributed by atoms with E-state index in [1.165, 1.54) is 6.07 Å². The summed E-state index contributed by atoms with van der Waals surface area (Å²) >= 11 is 0. The van der Waals surface area contributed by atoms with Crippen LogP contribution in [0.25, 0.3) is 11.1 Å². The van der Waals surface area contributed by atoms with Gasteiger partial charge in [0.05, 0.1) is 12.1 Å². The van der Waals surface area contributed by atoms with Gasteiger partial charge in [-0.1, -0.05) is 0 Å². The second kappa shape index (κ2) is 6.57. The van der Waals surface area contributed by atoms with Crippen LogP contribution in [0.2, 0.25) is 0 Å². The van der Waals surface area contributed by atoms with Gasteiger partial charge >= 0.3 is 6.18 Å². The van der Waals surface area contributed by atoms with Gasteiger partial charge in [0, 0.05) is 12.0 Å². The number of aromatic nitrogens is 1. The molecule has 1 aromatic heterocycles. The van der Waals surface area contributed by atoms with E-state index in [9.17, 15) is 18.0 Å². The number of piperidine rings is 1. The molecule has 4 rings (SSSR count). The van der Waals surface area contributed by atoms with Crippen molar-refractivity contribution < 1.29 is 22.4 Å². The van der Waals surface area contributed by atoms with Crippen LogP contribution in [-0.2, 0) is 17.5 Å². The Morgan fingerprint density at radius 3 is 2.62 bits per heavy atom. The van der Waals surface area contributed by atoms with Crippen LogP contribution in [-0.4, -0.2) is 34.9 Å². The van der Waals surface area contributed by atoms with Crippen molar-refractivity contribution in [1.29, 1.82) is 0 Å². The molecule has 1 aliphatic heterocycles. The molecule has 1 saturated heterocycles. The van der Waals surface area contributed by atoms with Crippen molar-refractivity contribution in [1.82, 2.24) is 15.2 Å². The summed E-state index contributed by atoms with van der Waals surface area (Å²) in [6, 6.07) is 3.70. The van der Waals surface area contributed by atoms with Crippen LogP contribution in [0.1, 0.15) is 37.1 Å². The Morgan fingerprint density at radius 2 is 1.96 bits per heavy atom. The molecule has 0 atom stereocenters. The van der Waals surface area contributed by atoms with E-state index >= 15 is 0 Å². The third-order valence-electron chi connectivity index (χ3n) is 5.00. The number of benzene rings is 1. The minimum absolute atomic E-state index is 0.0461. The molecule has 1 aromatic carbocycles. The highest BCUT2D eigenvalue weighted by atomic mass is 19.4. The number of hydrogen-bond donors (Lipinski definition) is 1. The van der Waals surface area contributed by atoms with E-state index in [0.29, 0.717) is 24.1 Å². The average molecular weight is 367 g/mol. The van der Waals surface area contributed by atoms with Crippen molar-refractivity contribution >= 4 is 17.0 Å². The van der Waals surface area contributed by atoms with Gasteiger partial charge in [0.2, 0.25) is 11.8 Å². The number of rotatable bonds is 4. The van der Waals surface area contributed by atoms with Crippen molar-refractivity contribution in [3.8, 4) is 0 Å². The number of fused-ring (bicyclic) bond motifs is 1. The predicted molar refractivity (Wildman–Crippen MR) is 88.2 cm³/mol. The van der Waals surface area contributed by atoms with E-state index in [-0.39, 0.29) is 17.3 Å². The highest BCUT2D eigenvalue weighted by Crippen LogP contribution is 2.31. The summed E-state index contributed by atoms with van der Waals surface area (Å²) in [7, 11) is 0. The third kappa shape index (κ3) is 3.85. The number of likely N-dealkylation sites (tertiary alicyclic amines) is 1. The molecular weight excluding hydrogens is 347 g/mol. The molecule has 2 aliphatic rings. The van der Waals surface area contributed by atoms with Gasteiger partial charge in [-0.05, 0) is 57.0 Å². The highest BCUT2D eigenvalue weighted by molar-refractivity contribution is 5.79. The molecule has 2 heterocycles. The lowest BCUT2D eigenvalue weighted by atomic mass is 9.96. The number of hydrogen-bond acceptors (Lipinski definition) is 4. The SMILES string of the molecule is O=C(NC1CC1)C1CCN(Cc2nc3cc(C(F)(F)F)ccc3o2)CC1. The largest absolute Gasteiger partial charge is 0.439 e. The molecule has 0 unspecified atom stereocenters. The fraction of sp³-hybridized carbons (Fsp3) is 0.556. The lowest BCUT2D eigenvalue weighted by molar-refractivity contribution is -0.137. The molecule has 2 aromatic rings. The molecule has 8 heteroatoms. The van der Waals surface area contributed by atoms with Gasteiger partial charge in [-0.2, -0.15) is 13.2 Å². The maximum atomic E-state index is 12.8. The first-order valence-electron chi connectivity index (χ1n) is 8.88. The summed E-state index contributed by atoms with van der Waals surface area (Å²) in [5.41, 5.74) is -0.160. The minimum atomic E-state index is -4.39. The first-order chi connectivity index (χ1) is 12.4. The number of halogens is 3. The first-order valence-corrected chi connectivity index (χ1v) is 8.88. The maximum absolute atomic E-state index is 12.8. The van der Waals surface area contributed by atoms with E-state index in [2.05, 4.69) is 15.2 Å². The van der Waals surface area contributed by atoms with Gasteiger partial charge in [-0.3, -0.25) is 9.69 Å². The lowest BCUT2D eigenvalue weighted by Crippen LogP contribution is -2.40. The smallest absolute Gasteiger partial charge is 0.416 e. The molecule has 26 heavy (non-hydrogen) atoms. The van der Waals surface area contributed by atoms with Gasteiger partial charge in [0.15, 0.2) is 5.58 Å². The fourth-order valence-corrected chi connectivity index (χ4v) is 3.31. The number of amides is 1. The molecule has 0 bridgehead atoms. The predicted octanol–water partition coefficient (Wildman–Crippen LogP) is 3.34. The first kappa shape index (κ1) is 17.3. The fourth-order valence-electron chi connectivity index (χ4n) is 3.31. The molecule has 1 aliphatic carbocycles. The Kier molecular flexibility index (Phi) is 4.38.